The highest BCUT2D eigenvalue weighted by atomic mass is 15.3. The van der Waals surface area contributed by atoms with Crippen molar-refractivity contribution in [2.75, 3.05) is 6.54 Å². The zero-order valence-electron chi connectivity index (χ0n) is 11.6. The summed E-state index contributed by atoms with van der Waals surface area (Å²) in [5, 5.41) is 3.45. The van der Waals surface area contributed by atoms with Gasteiger partial charge in [-0.05, 0) is 37.5 Å². The van der Waals surface area contributed by atoms with Crippen molar-refractivity contribution >= 4 is 5.96 Å². The molecule has 0 aromatic heterocycles. The second-order valence-electron chi connectivity index (χ2n) is 6.10. The van der Waals surface area contributed by atoms with E-state index in [0.29, 0.717) is 6.04 Å². The monoisotopic (exact) mass is 252 g/mol. The van der Waals surface area contributed by atoms with Crippen molar-refractivity contribution in [3.8, 4) is 0 Å². The van der Waals surface area contributed by atoms with Crippen LogP contribution in [-0.2, 0) is 0 Å². The minimum absolute atomic E-state index is 0.566. The summed E-state index contributed by atoms with van der Waals surface area (Å²) in [5.74, 6) is 7.99. The Morgan fingerprint density at radius 3 is 2.56 bits per heavy atom. The first kappa shape index (κ1) is 13.7. The van der Waals surface area contributed by atoms with Crippen LogP contribution in [0.1, 0.15) is 58.3 Å². The molecule has 4 nitrogen and oxygen atoms in total. The van der Waals surface area contributed by atoms with Gasteiger partial charge in [-0.1, -0.05) is 32.6 Å². The van der Waals surface area contributed by atoms with Crippen LogP contribution in [0, 0.1) is 11.8 Å². The molecule has 2 aliphatic carbocycles. The molecule has 2 atom stereocenters. The van der Waals surface area contributed by atoms with E-state index in [2.05, 4.69) is 22.7 Å². The molecule has 0 amide bonds. The number of rotatable bonds is 3. The molecule has 0 aromatic rings. The number of nitrogens with one attached hydrogen (secondary N) is 2. The van der Waals surface area contributed by atoms with Crippen molar-refractivity contribution in [3.63, 3.8) is 0 Å². The van der Waals surface area contributed by atoms with E-state index in [1.54, 1.807) is 0 Å². The highest BCUT2D eigenvalue weighted by molar-refractivity contribution is 5.79. The lowest BCUT2D eigenvalue weighted by Crippen LogP contribution is -2.47. The molecule has 2 rings (SSSR count). The lowest BCUT2D eigenvalue weighted by Gasteiger charge is -2.24. The molecule has 4 heteroatoms. The lowest BCUT2D eigenvalue weighted by atomic mass is 9.96. The molecule has 18 heavy (non-hydrogen) atoms. The predicted molar refractivity (Wildman–Crippen MR) is 76.1 cm³/mol. The second-order valence-corrected chi connectivity index (χ2v) is 6.10. The van der Waals surface area contributed by atoms with Gasteiger partial charge in [-0.2, -0.15) is 0 Å². The van der Waals surface area contributed by atoms with Gasteiger partial charge in [-0.3, -0.25) is 10.4 Å². The Morgan fingerprint density at radius 1 is 1.17 bits per heavy atom. The van der Waals surface area contributed by atoms with E-state index in [9.17, 15) is 0 Å². The summed E-state index contributed by atoms with van der Waals surface area (Å²) in [6.07, 6.45) is 10.5. The standard InChI is InChI=1S/C14H28N4/c1-11-7-8-12(9-11)10-16-14(18-15)17-13-5-3-2-4-6-13/h11-13H,2-10,15H2,1H3,(H2,16,17,18). The molecule has 0 bridgehead atoms. The van der Waals surface area contributed by atoms with Crippen LogP contribution in [0.4, 0.5) is 0 Å². The average Bonchev–Trinajstić information content (AvgIpc) is 2.81. The van der Waals surface area contributed by atoms with Crippen molar-refractivity contribution in [1.29, 1.82) is 0 Å². The summed E-state index contributed by atoms with van der Waals surface area (Å²) in [6, 6.07) is 0.566. The Hall–Kier alpha value is -0.770. The molecule has 0 aromatic carbocycles. The van der Waals surface area contributed by atoms with Crippen LogP contribution in [0.5, 0.6) is 0 Å². The summed E-state index contributed by atoms with van der Waals surface area (Å²) < 4.78 is 0. The van der Waals surface area contributed by atoms with Crippen LogP contribution >= 0.6 is 0 Å². The summed E-state index contributed by atoms with van der Waals surface area (Å²) in [5.41, 5.74) is 2.72. The smallest absolute Gasteiger partial charge is 0.205 e. The quantitative estimate of drug-likeness (QED) is 0.312. The Bertz CT molecular complexity index is 271. The third-order valence-electron chi connectivity index (χ3n) is 4.39. The van der Waals surface area contributed by atoms with Gasteiger partial charge in [0.1, 0.15) is 0 Å². The predicted octanol–water partition coefficient (Wildman–Crippen LogP) is 2.16. The summed E-state index contributed by atoms with van der Waals surface area (Å²) in [7, 11) is 0. The van der Waals surface area contributed by atoms with Gasteiger partial charge in [0.2, 0.25) is 5.96 Å². The molecule has 0 spiro atoms. The normalized spacial score (nSPS) is 30.4. The molecule has 0 heterocycles. The first-order chi connectivity index (χ1) is 8.78. The zero-order valence-corrected chi connectivity index (χ0v) is 11.6. The van der Waals surface area contributed by atoms with Gasteiger partial charge in [0.25, 0.3) is 0 Å². The number of hydrazine groups is 1. The number of nitrogens with zero attached hydrogens (tertiary/aromatic N) is 1. The van der Waals surface area contributed by atoms with Crippen LogP contribution in [-0.4, -0.2) is 18.5 Å². The van der Waals surface area contributed by atoms with Gasteiger partial charge in [0.05, 0.1) is 0 Å². The Balaban J connectivity index is 1.76. The fourth-order valence-electron chi connectivity index (χ4n) is 3.28. The van der Waals surface area contributed by atoms with Crippen molar-refractivity contribution in [3.05, 3.63) is 0 Å². The number of nitrogens with two attached hydrogens (primary N) is 1. The van der Waals surface area contributed by atoms with Crippen molar-refractivity contribution in [1.82, 2.24) is 10.7 Å². The maximum Gasteiger partial charge on any atom is 0.205 e. The Labute approximate surface area is 111 Å². The van der Waals surface area contributed by atoms with E-state index in [4.69, 9.17) is 5.84 Å². The van der Waals surface area contributed by atoms with Crippen LogP contribution in [0.15, 0.2) is 4.99 Å². The molecule has 0 radical (unpaired) electrons. The van der Waals surface area contributed by atoms with Gasteiger partial charge in [-0.15, -0.1) is 0 Å². The molecule has 4 N–H and O–H groups in total. The number of aliphatic imine (C=N–C) groups is 1. The molecule has 2 aliphatic rings. The fraction of sp³-hybridized carbons (Fsp3) is 0.929. The van der Waals surface area contributed by atoms with E-state index in [1.807, 2.05) is 0 Å². The lowest BCUT2D eigenvalue weighted by molar-refractivity contribution is 0.409. The Morgan fingerprint density at radius 2 is 1.94 bits per heavy atom. The summed E-state index contributed by atoms with van der Waals surface area (Å²) in [4.78, 5) is 4.62. The maximum atomic E-state index is 5.56. The van der Waals surface area contributed by atoms with Crippen molar-refractivity contribution in [2.24, 2.45) is 22.7 Å². The van der Waals surface area contributed by atoms with E-state index < -0.39 is 0 Å². The van der Waals surface area contributed by atoms with Gasteiger partial charge in [-0.25, -0.2) is 5.84 Å². The first-order valence-electron chi connectivity index (χ1n) is 7.55. The zero-order chi connectivity index (χ0) is 12.8. The first-order valence-corrected chi connectivity index (χ1v) is 7.55. The van der Waals surface area contributed by atoms with Crippen LogP contribution in [0.2, 0.25) is 0 Å². The van der Waals surface area contributed by atoms with E-state index >= 15 is 0 Å². The van der Waals surface area contributed by atoms with Gasteiger partial charge in [0, 0.05) is 12.6 Å². The molecule has 2 saturated carbocycles. The minimum Gasteiger partial charge on any atom is -0.353 e. The largest absolute Gasteiger partial charge is 0.353 e. The molecule has 0 aliphatic heterocycles. The highest BCUT2D eigenvalue weighted by Gasteiger charge is 2.21. The minimum atomic E-state index is 0.566. The van der Waals surface area contributed by atoms with Crippen molar-refractivity contribution < 1.29 is 0 Å². The number of guanidine groups is 1. The van der Waals surface area contributed by atoms with Crippen LogP contribution in [0.3, 0.4) is 0 Å². The van der Waals surface area contributed by atoms with E-state index in [-0.39, 0.29) is 0 Å². The third-order valence-corrected chi connectivity index (χ3v) is 4.39. The molecule has 2 fully saturated rings. The average molecular weight is 252 g/mol. The molecule has 0 saturated heterocycles. The van der Waals surface area contributed by atoms with E-state index in [0.717, 1.165) is 24.3 Å². The van der Waals surface area contributed by atoms with Gasteiger partial charge >= 0.3 is 0 Å². The molecule has 104 valence electrons. The number of hydrogen-bond acceptors (Lipinski definition) is 2. The number of hydrogen-bond donors (Lipinski definition) is 3. The highest BCUT2D eigenvalue weighted by Crippen LogP contribution is 2.30. The van der Waals surface area contributed by atoms with Crippen LogP contribution in [0.25, 0.3) is 0 Å². The SMILES string of the molecule is CC1CCC(CN=C(NN)NC2CCCCC2)C1. The van der Waals surface area contributed by atoms with Crippen LogP contribution < -0.4 is 16.6 Å². The Kier molecular flexibility index (Phi) is 5.29. The van der Waals surface area contributed by atoms with Gasteiger partial charge < -0.3 is 5.32 Å². The molecule has 2 unspecified atom stereocenters. The van der Waals surface area contributed by atoms with Gasteiger partial charge in [0.15, 0.2) is 0 Å². The van der Waals surface area contributed by atoms with Crippen molar-refractivity contribution in [2.45, 2.75) is 64.3 Å². The second kappa shape index (κ2) is 6.98. The summed E-state index contributed by atoms with van der Waals surface area (Å²) in [6.45, 7) is 3.26. The fourth-order valence-corrected chi connectivity index (χ4v) is 3.28. The molecular weight excluding hydrogens is 224 g/mol. The molecular formula is C14H28N4. The third kappa shape index (κ3) is 4.16. The summed E-state index contributed by atoms with van der Waals surface area (Å²) >= 11 is 0. The maximum absolute atomic E-state index is 5.56. The topological polar surface area (TPSA) is 62.4 Å². The van der Waals surface area contributed by atoms with E-state index in [1.165, 1.54) is 51.4 Å².